The van der Waals surface area contributed by atoms with Crippen LogP contribution in [0.25, 0.3) is 0 Å². The van der Waals surface area contributed by atoms with E-state index in [1.54, 1.807) is 19.2 Å². The van der Waals surface area contributed by atoms with E-state index in [0.717, 1.165) is 10.0 Å². The molecule has 0 aliphatic carbocycles. The number of sulfonamides is 1. The Morgan fingerprint density at radius 3 is 2.50 bits per heavy atom. The number of halogens is 1. The summed E-state index contributed by atoms with van der Waals surface area (Å²) in [4.78, 5) is 11.4. The zero-order chi connectivity index (χ0) is 14.9. The number of hydrogen-bond acceptors (Lipinski definition) is 3. The fraction of sp³-hybridized carbons (Fsp3) is 0.154. The Morgan fingerprint density at radius 2 is 1.90 bits per heavy atom. The summed E-state index contributed by atoms with van der Waals surface area (Å²) in [6, 6.07) is 7.52. The van der Waals surface area contributed by atoms with Gasteiger partial charge in [-0.3, -0.25) is 9.52 Å². The topological polar surface area (TPSA) is 68.2 Å². The van der Waals surface area contributed by atoms with E-state index >= 15 is 0 Å². The maximum Gasteiger partial charge on any atom is 0.261 e. The Bertz CT molecular complexity index is 813. The van der Waals surface area contributed by atoms with Gasteiger partial charge in [-0.1, -0.05) is 15.9 Å². The van der Waals surface area contributed by atoms with Crippen molar-refractivity contribution in [1.29, 1.82) is 0 Å². The minimum atomic E-state index is -3.67. The number of aromatic nitrogens is 1. The van der Waals surface area contributed by atoms with Crippen LogP contribution in [0.3, 0.4) is 0 Å². The average molecular weight is 357 g/mol. The van der Waals surface area contributed by atoms with Crippen molar-refractivity contribution in [3.05, 3.63) is 56.9 Å². The second kappa shape index (κ2) is 5.41. The molecule has 0 bridgehead atoms. The second-order valence-electron chi connectivity index (χ2n) is 4.38. The minimum Gasteiger partial charge on any atom is -0.316 e. The third kappa shape index (κ3) is 3.10. The van der Waals surface area contributed by atoms with Crippen LogP contribution in [0.2, 0.25) is 0 Å². The van der Waals surface area contributed by atoms with Gasteiger partial charge in [-0.2, -0.15) is 0 Å². The first-order valence-corrected chi connectivity index (χ1v) is 8.03. The van der Waals surface area contributed by atoms with Crippen molar-refractivity contribution in [2.75, 3.05) is 4.72 Å². The summed E-state index contributed by atoms with van der Waals surface area (Å²) >= 11 is 3.33. The summed E-state index contributed by atoms with van der Waals surface area (Å²) in [6.07, 6.45) is 1.44. The molecule has 2 rings (SSSR count). The van der Waals surface area contributed by atoms with E-state index in [9.17, 15) is 13.2 Å². The maximum absolute atomic E-state index is 12.2. The number of nitrogens with one attached hydrogen (secondary N) is 1. The predicted molar refractivity (Wildman–Crippen MR) is 81.4 cm³/mol. The van der Waals surface area contributed by atoms with Crippen LogP contribution in [0.1, 0.15) is 5.56 Å². The number of anilines is 1. The molecule has 0 atom stereocenters. The van der Waals surface area contributed by atoms with Crippen LogP contribution in [0.4, 0.5) is 5.69 Å². The van der Waals surface area contributed by atoms with Gasteiger partial charge in [-0.25, -0.2) is 8.42 Å². The highest BCUT2D eigenvalue weighted by molar-refractivity contribution is 9.10. The maximum atomic E-state index is 12.2. The molecule has 0 fully saturated rings. The highest BCUT2D eigenvalue weighted by Gasteiger charge is 2.15. The molecular weight excluding hydrogens is 344 g/mol. The van der Waals surface area contributed by atoms with E-state index in [2.05, 4.69) is 20.7 Å². The molecule has 0 saturated carbocycles. The molecule has 0 radical (unpaired) electrons. The molecule has 0 saturated heterocycles. The highest BCUT2D eigenvalue weighted by atomic mass is 79.9. The molecule has 20 heavy (non-hydrogen) atoms. The zero-order valence-corrected chi connectivity index (χ0v) is 13.3. The zero-order valence-electron chi connectivity index (χ0n) is 10.9. The third-order valence-electron chi connectivity index (χ3n) is 2.78. The normalized spacial score (nSPS) is 11.3. The largest absolute Gasteiger partial charge is 0.316 e. The van der Waals surface area contributed by atoms with Crippen molar-refractivity contribution in [2.45, 2.75) is 11.8 Å². The van der Waals surface area contributed by atoms with E-state index in [1.807, 2.05) is 6.92 Å². The first kappa shape index (κ1) is 14.8. The Labute approximate surface area is 125 Å². The van der Waals surface area contributed by atoms with Crippen molar-refractivity contribution in [2.24, 2.45) is 7.05 Å². The second-order valence-corrected chi connectivity index (χ2v) is 6.92. The number of aryl methyl sites for hydroxylation is 2. The predicted octanol–water partition coefficient (Wildman–Crippen LogP) is 2.26. The van der Waals surface area contributed by atoms with Gasteiger partial charge in [0, 0.05) is 23.8 Å². The molecule has 0 amide bonds. The molecule has 5 nitrogen and oxygen atoms in total. The summed E-state index contributed by atoms with van der Waals surface area (Å²) in [7, 11) is -2.11. The summed E-state index contributed by atoms with van der Waals surface area (Å²) in [6.45, 7) is 1.81. The first-order valence-electron chi connectivity index (χ1n) is 5.75. The SMILES string of the molecule is Cc1cc(S(=O)(=O)Nc2ccc(=O)n(C)c2)ccc1Br. The van der Waals surface area contributed by atoms with Gasteiger partial charge in [0.15, 0.2) is 0 Å². The van der Waals surface area contributed by atoms with Crippen molar-refractivity contribution < 1.29 is 8.42 Å². The van der Waals surface area contributed by atoms with Crippen LogP contribution in [0, 0.1) is 6.92 Å². The quantitative estimate of drug-likeness (QED) is 0.916. The van der Waals surface area contributed by atoms with Crippen molar-refractivity contribution in [3.63, 3.8) is 0 Å². The van der Waals surface area contributed by atoms with Crippen LogP contribution in [0.15, 0.2) is 50.7 Å². The monoisotopic (exact) mass is 356 g/mol. The van der Waals surface area contributed by atoms with Crippen molar-refractivity contribution in [1.82, 2.24) is 4.57 Å². The van der Waals surface area contributed by atoms with Crippen LogP contribution in [-0.4, -0.2) is 13.0 Å². The molecule has 106 valence electrons. The van der Waals surface area contributed by atoms with E-state index in [1.165, 1.54) is 29.0 Å². The van der Waals surface area contributed by atoms with Gasteiger partial charge in [0.05, 0.1) is 10.6 Å². The molecule has 0 unspecified atom stereocenters. The molecule has 1 N–H and O–H groups in total. The van der Waals surface area contributed by atoms with E-state index in [-0.39, 0.29) is 10.5 Å². The number of pyridine rings is 1. The Morgan fingerprint density at radius 1 is 1.20 bits per heavy atom. The van der Waals surface area contributed by atoms with E-state index in [0.29, 0.717) is 5.69 Å². The van der Waals surface area contributed by atoms with Crippen LogP contribution < -0.4 is 10.3 Å². The Kier molecular flexibility index (Phi) is 4.01. The van der Waals surface area contributed by atoms with Crippen molar-refractivity contribution in [3.8, 4) is 0 Å². The van der Waals surface area contributed by atoms with Crippen molar-refractivity contribution >= 4 is 31.6 Å². The molecule has 0 aliphatic rings. The summed E-state index contributed by atoms with van der Waals surface area (Å²) < 4.78 is 29.1. The lowest BCUT2D eigenvalue weighted by Crippen LogP contribution is -2.18. The van der Waals surface area contributed by atoms with Gasteiger partial charge in [0.1, 0.15) is 0 Å². The molecule has 7 heteroatoms. The van der Waals surface area contributed by atoms with Gasteiger partial charge in [-0.05, 0) is 36.8 Å². The molecule has 0 spiro atoms. The minimum absolute atomic E-state index is 0.173. The lowest BCUT2D eigenvalue weighted by atomic mass is 10.2. The number of benzene rings is 1. The van der Waals surface area contributed by atoms with Gasteiger partial charge < -0.3 is 4.57 Å². The fourth-order valence-corrected chi connectivity index (χ4v) is 3.03. The molecule has 2 aromatic rings. The Hall–Kier alpha value is -1.60. The summed E-state index contributed by atoms with van der Waals surface area (Å²) in [5.41, 5.74) is 0.966. The van der Waals surface area contributed by atoms with Gasteiger partial charge in [0.25, 0.3) is 10.0 Å². The standard InChI is InChI=1S/C13H13BrN2O3S/c1-9-7-11(4-5-12(9)14)20(18,19)15-10-3-6-13(17)16(2)8-10/h3-8,15H,1-2H3. The smallest absolute Gasteiger partial charge is 0.261 e. The number of hydrogen-bond donors (Lipinski definition) is 1. The van der Waals surface area contributed by atoms with Gasteiger partial charge in [-0.15, -0.1) is 0 Å². The van der Waals surface area contributed by atoms with E-state index in [4.69, 9.17) is 0 Å². The molecular formula is C13H13BrN2O3S. The Balaban J connectivity index is 2.37. The summed E-state index contributed by atoms with van der Waals surface area (Å²) in [5.74, 6) is 0. The fourth-order valence-electron chi connectivity index (χ4n) is 1.65. The molecule has 0 aliphatic heterocycles. The highest BCUT2D eigenvalue weighted by Crippen LogP contribution is 2.21. The van der Waals surface area contributed by atoms with Gasteiger partial charge >= 0.3 is 0 Å². The summed E-state index contributed by atoms with van der Waals surface area (Å²) in [5, 5.41) is 0. The molecule has 1 heterocycles. The molecule has 1 aromatic carbocycles. The van der Waals surface area contributed by atoms with Gasteiger partial charge in [0.2, 0.25) is 5.56 Å². The third-order valence-corrected chi connectivity index (χ3v) is 5.05. The lowest BCUT2D eigenvalue weighted by molar-refractivity contribution is 0.601. The number of rotatable bonds is 3. The van der Waals surface area contributed by atoms with E-state index < -0.39 is 10.0 Å². The van der Waals surface area contributed by atoms with Crippen LogP contribution >= 0.6 is 15.9 Å². The van der Waals surface area contributed by atoms with Crippen LogP contribution in [0.5, 0.6) is 0 Å². The lowest BCUT2D eigenvalue weighted by Gasteiger charge is -2.10. The molecule has 1 aromatic heterocycles. The van der Waals surface area contributed by atoms with Crippen LogP contribution in [-0.2, 0) is 17.1 Å². The average Bonchev–Trinajstić information content (AvgIpc) is 2.37. The first-order chi connectivity index (χ1) is 9.29. The number of nitrogens with zero attached hydrogens (tertiary/aromatic N) is 1.